The molecule has 0 aromatic heterocycles. The van der Waals surface area contributed by atoms with Crippen molar-refractivity contribution in [3.05, 3.63) is 11.8 Å². The number of nitrogens with zero attached hydrogens (tertiary/aromatic N) is 1. The number of hydroxylamine groups is 2. The molecular formula is C18H30N2O5. The first kappa shape index (κ1) is 19.6. The van der Waals surface area contributed by atoms with E-state index in [-0.39, 0.29) is 24.8 Å². The van der Waals surface area contributed by atoms with Crippen molar-refractivity contribution < 1.29 is 23.9 Å². The molecule has 0 aromatic carbocycles. The molecule has 0 unspecified atom stereocenters. The van der Waals surface area contributed by atoms with E-state index in [2.05, 4.69) is 5.32 Å². The lowest BCUT2D eigenvalue weighted by atomic mass is 9.88. The van der Waals surface area contributed by atoms with Crippen LogP contribution in [0.25, 0.3) is 0 Å². The minimum absolute atomic E-state index is 0.0370. The molecule has 0 radical (unpaired) electrons. The maximum Gasteiger partial charge on any atom is 0.408 e. The Bertz CT molecular complexity index is 545. The van der Waals surface area contributed by atoms with E-state index in [1.807, 2.05) is 27.0 Å². The quantitative estimate of drug-likeness (QED) is 0.785. The van der Waals surface area contributed by atoms with Crippen LogP contribution in [0.4, 0.5) is 4.79 Å². The van der Waals surface area contributed by atoms with Crippen LogP contribution in [0.2, 0.25) is 0 Å². The minimum Gasteiger partial charge on any atom is -0.444 e. The topological polar surface area (TPSA) is 77.1 Å². The van der Waals surface area contributed by atoms with Gasteiger partial charge in [0.25, 0.3) is 0 Å². The fourth-order valence-electron chi connectivity index (χ4n) is 2.72. The van der Waals surface area contributed by atoms with E-state index < -0.39 is 17.1 Å². The van der Waals surface area contributed by atoms with Crippen molar-refractivity contribution in [1.82, 2.24) is 10.4 Å². The molecule has 2 atom stereocenters. The molecule has 25 heavy (non-hydrogen) atoms. The standard InChI is InChI=1S/C18H30N2O5/c1-17(2,3)15(21)23-11-20-10-12-13(8-7-9-14(12)25-20)19-16(22)24-18(4,5)6/h10,13-14H,7-9,11H2,1-6H3,(H,19,22)/t13-,14+/m0/s1. The highest BCUT2D eigenvalue weighted by molar-refractivity contribution is 5.75. The van der Waals surface area contributed by atoms with E-state index in [0.717, 1.165) is 24.8 Å². The van der Waals surface area contributed by atoms with Gasteiger partial charge in [-0.25, -0.2) is 9.86 Å². The molecule has 0 saturated heterocycles. The second-order valence-corrected chi connectivity index (χ2v) is 8.58. The van der Waals surface area contributed by atoms with Crippen LogP contribution in [0.5, 0.6) is 0 Å². The van der Waals surface area contributed by atoms with Crippen LogP contribution in [-0.2, 0) is 19.1 Å². The van der Waals surface area contributed by atoms with E-state index in [1.165, 1.54) is 5.06 Å². The summed E-state index contributed by atoms with van der Waals surface area (Å²) in [5.74, 6) is -0.284. The van der Waals surface area contributed by atoms with Gasteiger partial charge in [-0.15, -0.1) is 0 Å². The van der Waals surface area contributed by atoms with Gasteiger partial charge in [-0.3, -0.25) is 9.63 Å². The molecule has 0 bridgehead atoms. The van der Waals surface area contributed by atoms with Gasteiger partial charge in [0, 0.05) is 11.8 Å². The molecule has 0 aromatic rings. The SMILES string of the molecule is CC(C)(C)OC(=O)N[C@H]1CCC[C@H]2ON(COC(=O)C(C)(C)C)C=C12. The molecule has 1 aliphatic heterocycles. The number of carbonyl (C=O) groups excluding carboxylic acids is 2. The molecule has 7 heteroatoms. The van der Waals surface area contributed by atoms with Gasteiger partial charge in [0.05, 0.1) is 11.5 Å². The third-order valence-electron chi connectivity index (χ3n) is 3.92. The first-order chi connectivity index (χ1) is 11.5. The van der Waals surface area contributed by atoms with Crippen LogP contribution >= 0.6 is 0 Å². The van der Waals surface area contributed by atoms with Gasteiger partial charge in [0.2, 0.25) is 0 Å². The average Bonchev–Trinajstić information content (AvgIpc) is 2.85. The van der Waals surface area contributed by atoms with Crippen molar-refractivity contribution in [2.24, 2.45) is 5.41 Å². The predicted molar refractivity (Wildman–Crippen MR) is 92.2 cm³/mol. The van der Waals surface area contributed by atoms with Gasteiger partial charge in [0.15, 0.2) is 6.73 Å². The Labute approximate surface area is 149 Å². The maximum atomic E-state index is 12.0. The molecule has 2 aliphatic rings. The number of fused-ring (bicyclic) bond motifs is 1. The highest BCUT2D eigenvalue weighted by Crippen LogP contribution is 2.32. The lowest BCUT2D eigenvalue weighted by Crippen LogP contribution is -2.43. The second kappa shape index (κ2) is 7.23. The van der Waals surface area contributed by atoms with Gasteiger partial charge in [-0.05, 0) is 60.8 Å². The Morgan fingerprint density at radius 3 is 2.52 bits per heavy atom. The van der Waals surface area contributed by atoms with Crippen LogP contribution < -0.4 is 5.32 Å². The summed E-state index contributed by atoms with van der Waals surface area (Å²) < 4.78 is 10.6. The van der Waals surface area contributed by atoms with Crippen LogP contribution in [0.15, 0.2) is 11.8 Å². The molecule has 1 heterocycles. The zero-order valence-electron chi connectivity index (χ0n) is 16.0. The van der Waals surface area contributed by atoms with E-state index in [0.29, 0.717) is 0 Å². The Morgan fingerprint density at radius 1 is 1.24 bits per heavy atom. The first-order valence-corrected chi connectivity index (χ1v) is 8.77. The summed E-state index contributed by atoms with van der Waals surface area (Å²) in [7, 11) is 0. The fourth-order valence-corrected chi connectivity index (χ4v) is 2.72. The molecule has 142 valence electrons. The smallest absolute Gasteiger partial charge is 0.408 e. The van der Waals surface area contributed by atoms with Gasteiger partial charge >= 0.3 is 12.1 Å². The zero-order valence-corrected chi connectivity index (χ0v) is 16.0. The number of hydrogen-bond donors (Lipinski definition) is 1. The number of amides is 1. The van der Waals surface area contributed by atoms with Gasteiger partial charge in [-0.1, -0.05) is 0 Å². The van der Waals surface area contributed by atoms with Crippen molar-refractivity contribution in [2.75, 3.05) is 6.73 Å². The van der Waals surface area contributed by atoms with Crippen LogP contribution in [0.1, 0.15) is 60.8 Å². The summed E-state index contributed by atoms with van der Waals surface area (Å²) in [6, 6.07) is -0.128. The van der Waals surface area contributed by atoms with E-state index in [4.69, 9.17) is 14.3 Å². The molecule has 1 saturated carbocycles. The molecule has 1 fully saturated rings. The number of rotatable bonds is 3. The highest BCUT2D eigenvalue weighted by Gasteiger charge is 2.36. The summed E-state index contributed by atoms with van der Waals surface area (Å²) >= 11 is 0. The van der Waals surface area contributed by atoms with Crippen LogP contribution in [0.3, 0.4) is 0 Å². The number of hydrogen-bond acceptors (Lipinski definition) is 6. The Kier molecular flexibility index (Phi) is 5.66. The number of ether oxygens (including phenoxy) is 2. The van der Waals surface area contributed by atoms with E-state index >= 15 is 0 Å². The van der Waals surface area contributed by atoms with Crippen LogP contribution in [-0.4, -0.2) is 41.6 Å². The summed E-state index contributed by atoms with van der Waals surface area (Å²) in [4.78, 5) is 29.7. The second-order valence-electron chi connectivity index (χ2n) is 8.58. The number of esters is 1. The summed E-state index contributed by atoms with van der Waals surface area (Å²) in [6.07, 6.45) is 3.95. The van der Waals surface area contributed by atoms with Gasteiger partial charge in [-0.2, -0.15) is 0 Å². The van der Waals surface area contributed by atoms with Crippen molar-refractivity contribution in [3.63, 3.8) is 0 Å². The molecular weight excluding hydrogens is 324 g/mol. The monoisotopic (exact) mass is 354 g/mol. The molecule has 1 N–H and O–H groups in total. The maximum absolute atomic E-state index is 12.0. The number of alkyl carbamates (subject to hydrolysis) is 1. The summed E-state index contributed by atoms with van der Waals surface area (Å²) in [5.41, 5.74) is -0.101. The molecule has 1 amide bonds. The third-order valence-corrected chi connectivity index (χ3v) is 3.92. The summed E-state index contributed by atoms with van der Waals surface area (Å²) in [6.45, 7) is 10.9. The lowest BCUT2D eigenvalue weighted by Gasteiger charge is -2.29. The highest BCUT2D eigenvalue weighted by atomic mass is 16.7. The fraction of sp³-hybridized carbons (Fsp3) is 0.778. The zero-order chi connectivity index (χ0) is 18.8. The lowest BCUT2D eigenvalue weighted by molar-refractivity contribution is -0.196. The number of nitrogens with one attached hydrogen (secondary N) is 1. The van der Waals surface area contributed by atoms with Crippen LogP contribution in [0, 0.1) is 5.41 Å². The van der Waals surface area contributed by atoms with Crippen molar-refractivity contribution in [1.29, 1.82) is 0 Å². The molecule has 7 nitrogen and oxygen atoms in total. The van der Waals surface area contributed by atoms with E-state index in [1.54, 1.807) is 20.8 Å². The number of carbonyl (C=O) groups is 2. The first-order valence-electron chi connectivity index (χ1n) is 8.77. The Morgan fingerprint density at radius 2 is 1.92 bits per heavy atom. The summed E-state index contributed by atoms with van der Waals surface area (Å²) in [5, 5.41) is 4.44. The van der Waals surface area contributed by atoms with Gasteiger partial charge < -0.3 is 14.8 Å². The Hall–Kier alpha value is -1.76. The Balaban J connectivity index is 1.94. The third kappa shape index (κ3) is 5.63. The predicted octanol–water partition coefficient (Wildman–Crippen LogP) is 3.11. The molecule has 1 aliphatic carbocycles. The van der Waals surface area contributed by atoms with E-state index in [9.17, 15) is 9.59 Å². The van der Waals surface area contributed by atoms with Crippen molar-refractivity contribution in [3.8, 4) is 0 Å². The molecule has 2 rings (SSSR count). The largest absolute Gasteiger partial charge is 0.444 e. The van der Waals surface area contributed by atoms with Crippen molar-refractivity contribution >= 4 is 12.1 Å². The minimum atomic E-state index is -0.555. The average molecular weight is 354 g/mol. The molecule has 0 spiro atoms. The van der Waals surface area contributed by atoms with Gasteiger partial charge in [0.1, 0.15) is 11.7 Å². The normalized spacial score (nSPS) is 23.6. The van der Waals surface area contributed by atoms with Crippen molar-refractivity contribution in [2.45, 2.75) is 78.6 Å².